The average Bonchev–Trinajstić information content (AvgIpc) is 3.58. The van der Waals surface area contributed by atoms with Crippen molar-refractivity contribution >= 4 is 22.6 Å². The van der Waals surface area contributed by atoms with Crippen LogP contribution in [0, 0.1) is 0 Å². The molecule has 1 aromatic heterocycles. The lowest BCUT2D eigenvalue weighted by Crippen LogP contribution is -2.37. The minimum Gasteiger partial charge on any atom is -0.497 e. The number of fused-ring (bicyclic) bond motifs is 1. The van der Waals surface area contributed by atoms with Gasteiger partial charge in [-0.05, 0) is 76.4 Å². The van der Waals surface area contributed by atoms with Crippen LogP contribution in [-0.2, 0) is 6.54 Å². The molecule has 1 amide bonds. The molecule has 2 aromatic carbocycles. The molecule has 3 aromatic rings. The molecule has 1 aliphatic heterocycles. The summed E-state index contributed by atoms with van der Waals surface area (Å²) in [6, 6.07) is 15.4. The van der Waals surface area contributed by atoms with Gasteiger partial charge in [0.1, 0.15) is 11.4 Å². The predicted molar refractivity (Wildman–Crippen MR) is 157 cm³/mol. The molecule has 0 atom stereocenters. The second kappa shape index (κ2) is 13.3. The summed E-state index contributed by atoms with van der Waals surface area (Å²) in [4.78, 5) is 30.7. The number of likely N-dealkylation sites (tertiary alicyclic amines) is 1. The summed E-state index contributed by atoms with van der Waals surface area (Å²) in [7, 11) is 1.60. The number of aryl methyl sites for hydroxylation is 1. The van der Waals surface area contributed by atoms with Crippen molar-refractivity contribution in [3.05, 3.63) is 65.4 Å². The average molecular weight is 530 g/mol. The van der Waals surface area contributed by atoms with Gasteiger partial charge >= 0.3 is 0 Å². The van der Waals surface area contributed by atoms with E-state index >= 15 is 0 Å². The molecule has 0 spiro atoms. The first-order valence-electron chi connectivity index (χ1n) is 15.0. The summed E-state index contributed by atoms with van der Waals surface area (Å²) in [6.07, 6.45) is 12.6. The molecule has 6 heteroatoms. The monoisotopic (exact) mass is 529 g/mol. The van der Waals surface area contributed by atoms with E-state index in [1.165, 1.54) is 45.2 Å². The van der Waals surface area contributed by atoms with Crippen LogP contribution in [0.1, 0.15) is 97.0 Å². The van der Waals surface area contributed by atoms with Crippen molar-refractivity contribution < 1.29 is 14.3 Å². The Bertz CT molecular complexity index is 1270. The summed E-state index contributed by atoms with van der Waals surface area (Å²) >= 11 is 0. The predicted octanol–water partition coefficient (Wildman–Crippen LogP) is 6.60. The molecule has 0 bridgehead atoms. The molecule has 1 saturated heterocycles. The number of aromatic nitrogens is 1. The van der Waals surface area contributed by atoms with Gasteiger partial charge in [-0.25, -0.2) is 0 Å². The second-order valence-electron chi connectivity index (χ2n) is 11.2. The van der Waals surface area contributed by atoms with Crippen molar-refractivity contribution in [2.75, 3.05) is 26.7 Å². The highest BCUT2D eigenvalue weighted by atomic mass is 16.5. The maximum absolute atomic E-state index is 14.1. The van der Waals surface area contributed by atoms with Crippen molar-refractivity contribution in [1.82, 2.24) is 14.8 Å². The summed E-state index contributed by atoms with van der Waals surface area (Å²) < 4.78 is 7.52. The maximum Gasteiger partial charge on any atom is 0.268 e. The third-order valence-electron chi connectivity index (χ3n) is 8.49. The fraction of sp³-hybridized carbons (Fsp3) is 0.515. The number of hydrogen-bond acceptors (Lipinski definition) is 4. The fourth-order valence-corrected chi connectivity index (χ4v) is 6.38. The minimum absolute atomic E-state index is 0.123. The number of unbranched alkanes of at least 4 members (excludes halogenated alkanes) is 1. The van der Waals surface area contributed by atoms with E-state index in [-0.39, 0.29) is 17.7 Å². The molecule has 2 fully saturated rings. The Morgan fingerprint density at radius 3 is 2.36 bits per heavy atom. The number of carbonyl (C=O) groups is 2. The molecule has 6 nitrogen and oxygen atoms in total. The van der Waals surface area contributed by atoms with Gasteiger partial charge in [0.05, 0.1) is 12.7 Å². The number of hydrogen-bond donors (Lipinski definition) is 1. The van der Waals surface area contributed by atoms with Crippen LogP contribution >= 0.6 is 0 Å². The lowest BCUT2D eigenvalue weighted by molar-refractivity contribution is 0.0911. The highest BCUT2D eigenvalue weighted by Crippen LogP contribution is 2.31. The number of ether oxygens (including phenoxy) is 1. The highest BCUT2D eigenvalue weighted by molar-refractivity contribution is 6.22. The van der Waals surface area contributed by atoms with Crippen molar-refractivity contribution in [2.45, 2.75) is 83.2 Å². The first-order valence-corrected chi connectivity index (χ1v) is 15.0. The van der Waals surface area contributed by atoms with Gasteiger partial charge in [0.15, 0.2) is 5.78 Å². The SMILES string of the molecule is COc1cccc(C(=O)c2c(C(=O)NC3CCCCCCC3)n(CCCCN3CCCC3)c3ccccc23)c1. The fourth-order valence-electron chi connectivity index (χ4n) is 6.38. The van der Waals surface area contributed by atoms with Crippen LogP contribution < -0.4 is 10.1 Å². The third kappa shape index (κ3) is 6.55. The highest BCUT2D eigenvalue weighted by Gasteiger charge is 2.29. The number of ketones is 1. The van der Waals surface area contributed by atoms with Crippen molar-refractivity contribution in [2.24, 2.45) is 0 Å². The zero-order valence-corrected chi connectivity index (χ0v) is 23.4. The van der Waals surface area contributed by atoms with E-state index in [0.29, 0.717) is 29.1 Å². The van der Waals surface area contributed by atoms with Crippen LogP contribution in [-0.4, -0.2) is 53.9 Å². The van der Waals surface area contributed by atoms with E-state index in [1.807, 2.05) is 42.5 Å². The number of nitrogens with one attached hydrogen (secondary N) is 1. The van der Waals surface area contributed by atoms with Crippen LogP contribution in [0.2, 0.25) is 0 Å². The van der Waals surface area contributed by atoms with E-state index in [9.17, 15) is 9.59 Å². The molecule has 5 rings (SSSR count). The van der Waals surface area contributed by atoms with E-state index in [1.54, 1.807) is 13.2 Å². The number of rotatable bonds is 10. The summed E-state index contributed by atoms with van der Waals surface area (Å²) in [5, 5.41) is 4.20. The molecular weight excluding hydrogens is 486 g/mol. The maximum atomic E-state index is 14.1. The summed E-state index contributed by atoms with van der Waals surface area (Å²) in [5.74, 6) is 0.373. The quantitative estimate of drug-likeness (QED) is 0.237. The Hall–Kier alpha value is -3.12. The number of nitrogens with zero attached hydrogens (tertiary/aromatic N) is 2. The molecule has 0 radical (unpaired) electrons. The number of benzene rings is 2. The van der Waals surface area contributed by atoms with Gasteiger partial charge in [-0.1, -0.05) is 62.4 Å². The molecule has 39 heavy (non-hydrogen) atoms. The van der Waals surface area contributed by atoms with Crippen molar-refractivity contribution in [1.29, 1.82) is 0 Å². The number of carbonyl (C=O) groups excluding carboxylic acids is 2. The number of amides is 1. The number of para-hydroxylation sites is 1. The molecule has 2 heterocycles. The van der Waals surface area contributed by atoms with Crippen LogP contribution in [0.3, 0.4) is 0 Å². The van der Waals surface area contributed by atoms with Gasteiger partial charge < -0.3 is 19.5 Å². The van der Waals surface area contributed by atoms with Crippen LogP contribution in [0.15, 0.2) is 48.5 Å². The van der Waals surface area contributed by atoms with Gasteiger partial charge in [0.25, 0.3) is 5.91 Å². The van der Waals surface area contributed by atoms with Crippen LogP contribution in [0.25, 0.3) is 10.9 Å². The first-order chi connectivity index (χ1) is 19.2. The topological polar surface area (TPSA) is 63.6 Å². The smallest absolute Gasteiger partial charge is 0.268 e. The van der Waals surface area contributed by atoms with E-state index in [4.69, 9.17) is 4.74 Å². The zero-order valence-electron chi connectivity index (χ0n) is 23.4. The van der Waals surface area contributed by atoms with Crippen molar-refractivity contribution in [3.8, 4) is 5.75 Å². The van der Waals surface area contributed by atoms with E-state index in [0.717, 1.165) is 56.0 Å². The summed E-state index contributed by atoms with van der Waals surface area (Å²) in [5.41, 5.74) is 2.49. The molecule has 1 N–H and O–H groups in total. The summed E-state index contributed by atoms with van der Waals surface area (Å²) in [6.45, 7) is 4.20. The third-order valence-corrected chi connectivity index (χ3v) is 8.49. The largest absolute Gasteiger partial charge is 0.497 e. The second-order valence-corrected chi connectivity index (χ2v) is 11.2. The molecule has 0 unspecified atom stereocenters. The van der Waals surface area contributed by atoms with Gasteiger partial charge in [0.2, 0.25) is 0 Å². The molecule has 2 aliphatic rings. The normalized spacial score (nSPS) is 17.2. The lowest BCUT2D eigenvalue weighted by atomic mass is 9.96. The first kappa shape index (κ1) is 27.4. The van der Waals surface area contributed by atoms with E-state index < -0.39 is 0 Å². The molecule has 208 valence electrons. The Labute approximate surface area is 232 Å². The Balaban J connectivity index is 1.50. The molecule has 1 saturated carbocycles. The van der Waals surface area contributed by atoms with Gasteiger partial charge in [-0.15, -0.1) is 0 Å². The Kier molecular flexibility index (Phi) is 9.36. The van der Waals surface area contributed by atoms with Gasteiger partial charge in [0, 0.05) is 29.1 Å². The minimum atomic E-state index is -0.135. The zero-order chi connectivity index (χ0) is 27.0. The lowest BCUT2D eigenvalue weighted by Gasteiger charge is -2.22. The Morgan fingerprint density at radius 2 is 1.59 bits per heavy atom. The van der Waals surface area contributed by atoms with Gasteiger partial charge in [-0.2, -0.15) is 0 Å². The van der Waals surface area contributed by atoms with Crippen LogP contribution in [0.4, 0.5) is 0 Å². The van der Waals surface area contributed by atoms with E-state index in [2.05, 4.69) is 14.8 Å². The number of methoxy groups -OCH3 is 1. The standard InChI is InChI=1S/C33H43N3O3/c1-39-27-17-13-14-25(24-27)32(37)30-28-18-7-8-19-29(28)36(23-12-11-22-35-20-9-10-21-35)31(30)33(38)34-26-15-5-3-2-4-6-16-26/h7-8,13-14,17-19,24,26H,2-6,9-12,15-16,20-23H2,1H3,(H,34,38). The molecular formula is C33H43N3O3. The van der Waals surface area contributed by atoms with Gasteiger partial charge in [-0.3, -0.25) is 9.59 Å². The Morgan fingerprint density at radius 1 is 0.872 bits per heavy atom. The molecule has 1 aliphatic carbocycles. The van der Waals surface area contributed by atoms with Crippen LogP contribution in [0.5, 0.6) is 5.75 Å². The van der Waals surface area contributed by atoms with Crippen molar-refractivity contribution in [3.63, 3.8) is 0 Å².